The normalized spacial score (nSPS) is 11.3. The molecule has 0 saturated heterocycles. The lowest BCUT2D eigenvalue weighted by Crippen LogP contribution is -2.30. The summed E-state index contributed by atoms with van der Waals surface area (Å²) >= 11 is 0. The first-order valence-electron chi connectivity index (χ1n) is 9.08. The smallest absolute Gasteiger partial charge is 0.196 e. The first-order chi connectivity index (χ1) is 13.0. The molecule has 0 atom stereocenters. The van der Waals surface area contributed by atoms with Gasteiger partial charge in [-0.3, -0.25) is 0 Å². The standard InChI is InChI=1S/C21H29N3O3/c1-6-22-21(24-17-9-12-19(25-4)20(13-17)26-5)23-14-16-7-10-18(11-8-16)27-15(2)3/h7-13,15H,6,14H2,1-5H3,(H2,22,23,24). The van der Waals surface area contributed by atoms with E-state index in [1.165, 1.54) is 0 Å². The van der Waals surface area contributed by atoms with Crippen LogP contribution in [0.5, 0.6) is 17.2 Å². The van der Waals surface area contributed by atoms with Crippen LogP contribution < -0.4 is 24.8 Å². The van der Waals surface area contributed by atoms with E-state index in [1.54, 1.807) is 14.2 Å². The lowest BCUT2D eigenvalue weighted by molar-refractivity contribution is 0.242. The van der Waals surface area contributed by atoms with Gasteiger partial charge in [-0.25, -0.2) is 4.99 Å². The van der Waals surface area contributed by atoms with Crippen molar-refractivity contribution in [2.75, 3.05) is 26.1 Å². The number of anilines is 1. The highest BCUT2D eigenvalue weighted by molar-refractivity contribution is 5.93. The maximum atomic E-state index is 5.67. The first kappa shape index (κ1) is 20.4. The zero-order valence-corrected chi connectivity index (χ0v) is 16.7. The number of nitrogens with zero attached hydrogens (tertiary/aromatic N) is 1. The van der Waals surface area contributed by atoms with Gasteiger partial charge in [0.25, 0.3) is 0 Å². The highest BCUT2D eigenvalue weighted by atomic mass is 16.5. The number of methoxy groups -OCH3 is 2. The summed E-state index contributed by atoms with van der Waals surface area (Å²) < 4.78 is 16.3. The zero-order chi connectivity index (χ0) is 19.6. The Balaban J connectivity index is 2.07. The fourth-order valence-electron chi connectivity index (χ4n) is 2.47. The minimum atomic E-state index is 0.167. The van der Waals surface area contributed by atoms with Crippen LogP contribution in [-0.2, 0) is 6.54 Å². The van der Waals surface area contributed by atoms with Crippen molar-refractivity contribution in [3.63, 3.8) is 0 Å². The third-order valence-electron chi connectivity index (χ3n) is 3.71. The van der Waals surface area contributed by atoms with Crippen LogP contribution in [0, 0.1) is 0 Å². The van der Waals surface area contributed by atoms with Crippen molar-refractivity contribution in [1.29, 1.82) is 0 Å². The molecule has 6 heteroatoms. The summed E-state index contributed by atoms with van der Waals surface area (Å²) in [6.07, 6.45) is 0.167. The van der Waals surface area contributed by atoms with E-state index in [2.05, 4.69) is 15.6 Å². The van der Waals surface area contributed by atoms with Crippen molar-refractivity contribution in [3.8, 4) is 17.2 Å². The van der Waals surface area contributed by atoms with Crippen LogP contribution >= 0.6 is 0 Å². The largest absolute Gasteiger partial charge is 0.493 e. The van der Waals surface area contributed by atoms with Gasteiger partial charge in [0.05, 0.1) is 26.9 Å². The number of benzene rings is 2. The fourth-order valence-corrected chi connectivity index (χ4v) is 2.47. The predicted molar refractivity (Wildman–Crippen MR) is 110 cm³/mol. The molecule has 0 bridgehead atoms. The van der Waals surface area contributed by atoms with Gasteiger partial charge in [-0.05, 0) is 50.6 Å². The molecule has 2 N–H and O–H groups in total. The third-order valence-corrected chi connectivity index (χ3v) is 3.71. The second kappa shape index (κ2) is 10.3. The average molecular weight is 371 g/mol. The molecule has 0 heterocycles. The Morgan fingerprint density at radius 2 is 1.70 bits per heavy atom. The van der Waals surface area contributed by atoms with Gasteiger partial charge in [-0.15, -0.1) is 0 Å². The van der Waals surface area contributed by atoms with E-state index in [9.17, 15) is 0 Å². The Bertz CT molecular complexity index is 743. The molecule has 0 aliphatic rings. The Kier molecular flexibility index (Phi) is 7.79. The second-order valence-electron chi connectivity index (χ2n) is 6.20. The average Bonchev–Trinajstić information content (AvgIpc) is 2.67. The van der Waals surface area contributed by atoms with Gasteiger partial charge in [0, 0.05) is 18.3 Å². The molecule has 0 aliphatic carbocycles. The quantitative estimate of drug-likeness (QED) is 0.541. The number of guanidine groups is 1. The minimum Gasteiger partial charge on any atom is -0.493 e. The molecule has 0 unspecified atom stereocenters. The van der Waals surface area contributed by atoms with Gasteiger partial charge in [0.2, 0.25) is 0 Å². The molecule has 146 valence electrons. The molecule has 2 aromatic rings. The number of nitrogens with one attached hydrogen (secondary N) is 2. The summed E-state index contributed by atoms with van der Waals surface area (Å²) in [4.78, 5) is 4.65. The maximum absolute atomic E-state index is 5.67. The predicted octanol–water partition coefficient (Wildman–Crippen LogP) is 4.07. The molecule has 0 saturated carbocycles. The number of aliphatic imine (C=N–C) groups is 1. The van der Waals surface area contributed by atoms with Crippen LogP contribution in [-0.4, -0.2) is 32.8 Å². The summed E-state index contributed by atoms with van der Waals surface area (Å²) in [5.74, 6) is 2.92. The topological polar surface area (TPSA) is 64.1 Å². The minimum absolute atomic E-state index is 0.167. The number of hydrogen-bond acceptors (Lipinski definition) is 4. The number of hydrogen-bond donors (Lipinski definition) is 2. The lowest BCUT2D eigenvalue weighted by Gasteiger charge is -2.14. The molecule has 27 heavy (non-hydrogen) atoms. The van der Waals surface area contributed by atoms with Gasteiger partial charge < -0.3 is 24.8 Å². The molecule has 2 rings (SSSR count). The van der Waals surface area contributed by atoms with E-state index in [-0.39, 0.29) is 6.10 Å². The van der Waals surface area contributed by atoms with Crippen LogP contribution in [0.1, 0.15) is 26.3 Å². The van der Waals surface area contributed by atoms with Crippen LogP contribution in [0.4, 0.5) is 5.69 Å². The molecule has 0 amide bonds. The third kappa shape index (κ3) is 6.40. The van der Waals surface area contributed by atoms with Gasteiger partial charge in [-0.1, -0.05) is 12.1 Å². The lowest BCUT2D eigenvalue weighted by atomic mass is 10.2. The van der Waals surface area contributed by atoms with E-state index in [1.807, 2.05) is 63.2 Å². The molecular formula is C21H29N3O3. The Morgan fingerprint density at radius 1 is 1.00 bits per heavy atom. The Labute approximate surface area is 161 Å². The fraction of sp³-hybridized carbons (Fsp3) is 0.381. The van der Waals surface area contributed by atoms with E-state index >= 15 is 0 Å². The zero-order valence-electron chi connectivity index (χ0n) is 16.7. The molecule has 6 nitrogen and oxygen atoms in total. The van der Waals surface area contributed by atoms with Crippen molar-refractivity contribution in [3.05, 3.63) is 48.0 Å². The Morgan fingerprint density at radius 3 is 2.30 bits per heavy atom. The van der Waals surface area contributed by atoms with Crippen molar-refractivity contribution in [2.45, 2.75) is 33.4 Å². The summed E-state index contributed by atoms with van der Waals surface area (Å²) in [6, 6.07) is 13.7. The molecule has 2 aromatic carbocycles. The molecule has 0 aliphatic heterocycles. The van der Waals surface area contributed by atoms with Crippen molar-refractivity contribution >= 4 is 11.6 Å². The van der Waals surface area contributed by atoms with E-state index < -0.39 is 0 Å². The number of rotatable bonds is 8. The summed E-state index contributed by atoms with van der Waals surface area (Å²) in [7, 11) is 3.24. The van der Waals surface area contributed by atoms with E-state index in [0.717, 1.165) is 23.5 Å². The van der Waals surface area contributed by atoms with Crippen LogP contribution in [0.15, 0.2) is 47.5 Å². The van der Waals surface area contributed by atoms with Gasteiger partial charge in [0.15, 0.2) is 17.5 Å². The second-order valence-corrected chi connectivity index (χ2v) is 6.20. The van der Waals surface area contributed by atoms with E-state index in [4.69, 9.17) is 14.2 Å². The van der Waals surface area contributed by atoms with Crippen LogP contribution in [0.3, 0.4) is 0 Å². The molecule has 0 radical (unpaired) electrons. The molecule has 0 fully saturated rings. The van der Waals surface area contributed by atoms with Crippen LogP contribution in [0.25, 0.3) is 0 Å². The first-order valence-corrected chi connectivity index (χ1v) is 9.08. The highest BCUT2D eigenvalue weighted by Crippen LogP contribution is 2.29. The Hall–Kier alpha value is -2.89. The summed E-state index contributed by atoms with van der Waals surface area (Å²) in [5, 5.41) is 6.54. The van der Waals surface area contributed by atoms with Crippen molar-refractivity contribution < 1.29 is 14.2 Å². The van der Waals surface area contributed by atoms with Gasteiger partial charge >= 0.3 is 0 Å². The molecule has 0 spiro atoms. The van der Waals surface area contributed by atoms with E-state index in [0.29, 0.717) is 24.0 Å². The highest BCUT2D eigenvalue weighted by Gasteiger charge is 2.06. The monoisotopic (exact) mass is 371 g/mol. The van der Waals surface area contributed by atoms with Crippen molar-refractivity contribution in [2.24, 2.45) is 4.99 Å². The number of ether oxygens (including phenoxy) is 3. The van der Waals surface area contributed by atoms with Gasteiger partial charge in [0.1, 0.15) is 5.75 Å². The van der Waals surface area contributed by atoms with Gasteiger partial charge in [-0.2, -0.15) is 0 Å². The van der Waals surface area contributed by atoms with Crippen molar-refractivity contribution in [1.82, 2.24) is 5.32 Å². The SMILES string of the molecule is CCNC(=NCc1ccc(OC(C)C)cc1)Nc1ccc(OC)c(OC)c1. The molecule has 0 aromatic heterocycles. The maximum Gasteiger partial charge on any atom is 0.196 e. The van der Waals surface area contributed by atoms with Crippen LogP contribution in [0.2, 0.25) is 0 Å². The summed E-state index contributed by atoms with van der Waals surface area (Å²) in [6.45, 7) is 7.39. The summed E-state index contributed by atoms with van der Waals surface area (Å²) in [5.41, 5.74) is 1.98. The molecular weight excluding hydrogens is 342 g/mol.